The van der Waals surface area contributed by atoms with Gasteiger partial charge in [0, 0.05) is 17.8 Å². The average molecular weight is 335 g/mol. The van der Waals surface area contributed by atoms with Gasteiger partial charge in [0.25, 0.3) is 5.91 Å². The molecule has 3 rings (SSSR count). The van der Waals surface area contributed by atoms with E-state index in [0.29, 0.717) is 17.1 Å². The SMILES string of the molecule is O=C(NCCCc1nc2c(s1)CCCC2)c1ccccc1Cl. The Morgan fingerprint density at radius 2 is 2.09 bits per heavy atom. The molecule has 0 unspecified atom stereocenters. The third-order valence-corrected chi connectivity index (χ3v) is 5.41. The summed E-state index contributed by atoms with van der Waals surface area (Å²) >= 11 is 7.86. The average Bonchev–Trinajstić information content (AvgIpc) is 2.94. The number of benzene rings is 1. The predicted octanol–water partition coefficient (Wildman–Crippen LogP) is 4.04. The molecule has 1 aliphatic carbocycles. The zero-order chi connectivity index (χ0) is 15.4. The molecule has 2 aromatic rings. The lowest BCUT2D eigenvalue weighted by Gasteiger charge is -2.06. The van der Waals surface area contributed by atoms with Crippen molar-refractivity contribution < 1.29 is 4.79 Å². The highest BCUT2D eigenvalue weighted by Gasteiger charge is 2.15. The molecule has 0 fully saturated rings. The van der Waals surface area contributed by atoms with E-state index >= 15 is 0 Å². The first-order valence-electron chi connectivity index (χ1n) is 7.74. The molecule has 5 heteroatoms. The van der Waals surface area contributed by atoms with Crippen LogP contribution in [-0.2, 0) is 19.3 Å². The van der Waals surface area contributed by atoms with Gasteiger partial charge in [-0.25, -0.2) is 4.98 Å². The predicted molar refractivity (Wildman–Crippen MR) is 90.9 cm³/mol. The summed E-state index contributed by atoms with van der Waals surface area (Å²) in [6, 6.07) is 7.12. The van der Waals surface area contributed by atoms with Crippen LogP contribution < -0.4 is 5.32 Å². The van der Waals surface area contributed by atoms with Crippen molar-refractivity contribution in [2.24, 2.45) is 0 Å². The van der Waals surface area contributed by atoms with Gasteiger partial charge < -0.3 is 5.32 Å². The van der Waals surface area contributed by atoms with E-state index in [2.05, 4.69) is 5.32 Å². The molecule has 0 bridgehead atoms. The van der Waals surface area contributed by atoms with Gasteiger partial charge in [0.05, 0.1) is 21.3 Å². The van der Waals surface area contributed by atoms with Crippen LogP contribution in [0.1, 0.15) is 45.2 Å². The van der Waals surface area contributed by atoms with Crippen LogP contribution in [0.15, 0.2) is 24.3 Å². The molecular formula is C17H19ClN2OS. The number of hydrogen-bond acceptors (Lipinski definition) is 3. The second-order valence-electron chi connectivity index (χ2n) is 5.52. The van der Waals surface area contributed by atoms with Crippen LogP contribution in [0.2, 0.25) is 5.02 Å². The van der Waals surface area contributed by atoms with Crippen LogP contribution in [0.3, 0.4) is 0 Å². The molecule has 0 saturated carbocycles. The van der Waals surface area contributed by atoms with Gasteiger partial charge in [-0.1, -0.05) is 23.7 Å². The van der Waals surface area contributed by atoms with Crippen LogP contribution in [0.25, 0.3) is 0 Å². The van der Waals surface area contributed by atoms with Gasteiger partial charge in [0.2, 0.25) is 0 Å². The number of hydrogen-bond donors (Lipinski definition) is 1. The van der Waals surface area contributed by atoms with E-state index in [-0.39, 0.29) is 5.91 Å². The molecule has 1 heterocycles. The van der Waals surface area contributed by atoms with Gasteiger partial charge in [-0.3, -0.25) is 4.79 Å². The van der Waals surface area contributed by atoms with E-state index in [0.717, 1.165) is 19.3 Å². The Bertz CT molecular complexity index is 645. The second-order valence-corrected chi connectivity index (χ2v) is 7.10. The molecule has 0 aliphatic heterocycles. The number of nitrogens with one attached hydrogen (secondary N) is 1. The first kappa shape index (κ1) is 15.5. The summed E-state index contributed by atoms with van der Waals surface area (Å²) in [7, 11) is 0. The lowest BCUT2D eigenvalue weighted by Crippen LogP contribution is -2.25. The summed E-state index contributed by atoms with van der Waals surface area (Å²) in [6.07, 6.45) is 6.72. The number of aryl methyl sites for hydroxylation is 3. The highest BCUT2D eigenvalue weighted by molar-refractivity contribution is 7.11. The van der Waals surface area contributed by atoms with Crippen molar-refractivity contribution in [2.75, 3.05) is 6.54 Å². The van der Waals surface area contributed by atoms with E-state index in [1.807, 2.05) is 23.5 Å². The highest BCUT2D eigenvalue weighted by Crippen LogP contribution is 2.27. The molecule has 1 aromatic carbocycles. The summed E-state index contributed by atoms with van der Waals surface area (Å²) in [4.78, 5) is 18.2. The third kappa shape index (κ3) is 3.68. The van der Waals surface area contributed by atoms with Gasteiger partial charge in [-0.15, -0.1) is 11.3 Å². The van der Waals surface area contributed by atoms with E-state index in [1.54, 1.807) is 12.1 Å². The number of amides is 1. The normalized spacial score (nSPS) is 13.7. The molecule has 116 valence electrons. The number of thiazole rings is 1. The Morgan fingerprint density at radius 1 is 1.27 bits per heavy atom. The Morgan fingerprint density at radius 3 is 2.91 bits per heavy atom. The van der Waals surface area contributed by atoms with Gasteiger partial charge in [-0.2, -0.15) is 0 Å². The van der Waals surface area contributed by atoms with Crippen LogP contribution in [0, 0.1) is 0 Å². The fourth-order valence-corrected chi connectivity index (χ4v) is 4.11. The quantitative estimate of drug-likeness (QED) is 0.838. The summed E-state index contributed by atoms with van der Waals surface area (Å²) in [6.45, 7) is 0.647. The van der Waals surface area contributed by atoms with Crippen molar-refractivity contribution in [2.45, 2.75) is 38.5 Å². The van der Waals surface area contributed by atoms with Gasteiger partial charge in [0.1, 0.15) is 0 Å². The van der Waals surface area contributed by atoms with Gasteiger partial charge in [-0.05, 0) is 44.2 Å². The molecule has 0 atom stereocenters. The molecular weight excluding hydrogens is 316 g/mol. The van der Waals surface area contributed by atoms with Crippen molar-refractivity contribution in [3.05, 3.63) is 50.4 Å². The van der Waals surface area contributed by atoms with E-state index < -0.39 is 0 Å². The van der Waals surface area contributed by atoms with Crippen LogP contribution >= 0.6 is 22.9 Å². The molecule has 0 spiro atoms. The number of fused-ring (bicyclic) bond motifs is 1. The van der Waals surface area contributed by atoms with Crippen LogP contribution in [0.4, 0.5) is 0 Å². The molecule has 22 heavy (non-hydrogen) atoms. The third-order valence-electron chi connectivity index (χ3n) is 3.86. The number of carbonyl (C=O) groups excluding carboxylic acids is 1. The molecule has 1 amide bonds. The largest absolute Gasteiger partial charge is 0.352 e. The molecule has 1 aromatic heterocycles. The maximum Gasteiger partial charge on any atom is 0.252 e. The van der Waals surface area contributed by atoms with Crippen molar-refractivity contribution in [1.82, 2.24) is 10.3 Å². The van der Waals surface area contributed by atoms with Crippen LogP contribution in [0.5, 0.6) is 0 Å². The maximum absolute atomic E-state index is 12.0. The van der Waals surface area contributed by atoms with Crippen molar-refractivity contribution in [3.63, 3.8) is 0 Å². The van der Waals surface area contributed by atoms with Crippen molar-refractivity contribution in [3.8, 4) is 0 Å². The van der Waals surface area contributed by atoms with E-state index in [1.165, 1.54) is 34.8 Å². The minimum absolute atomic E-state index is 0.107. The fourth-order valence-electron chi connectivity index (χ4n) is 2.69. The Balaban J connectivity index is 1.46. The molecule has 3 nitrogen and oxygen atoms in total. The number of halogens is 1. The summed E-state index contributed by atoms with van der Waals surface area (Å²) in [5.74, 6) is -0.107. The van der Waals surface area contributed by atoms with Gasteiger partial charge >= 0.3 is 0 Å². The van der Waals surface area contributed by atoms with Crippen molar-refractivity contribution >= 4 is 28.8 Å². The Labute approximate surface area is 139 Å². The first-order valence-corrected chi connectivity index (χ1v) is 8.93. The second kappa shape index (κ2) is 7.25. The zero-order valence-corrected chi connectivity index (χ0v) is 14.0. The topological polar surface area (TPSA) is 42.0 Å². The number of nitrogens with zero attached hydrogens (tertiary/aromatic N) is 1. The highest BCUT2D eigenvalue weighted by atomic mass is 35.5. The summed E-state index contributed by atoms with van der Waals surface area (Å²) < 4.78 is 0. The monoisotopic (exact) mass is 334 g/mol. The van der Waals surface area contributed by atoms with Gasteiger partial charge in [0.15, 0.2) is 0 Å². The van der Waals surface area contributed by atoms with E-state index in [4.69, 9.17) is 16.6 Å². The Kier molecular flexibility index (Phi) is 5.11. The van der Waals surface area contributed by atoms with Crippen LogP contribution in [-0.4, -0.2) is 17.4 Å². The smallest absolute Gasteiger partial charge is 0.252 e. The Hall–Kier alpha value is -1.39. The first-order chi connectivity index (χ1) is 10.7. The molecule has 0 radical (unpaired) electrons. The zero-order valence-electron chi connectivity index (χ0n) is 12.4. The lowest BCUT2D eigenvalue weighted by molar-refractivity contribution is 0.0953. The lowest BCUT2D eigenvalue weighted by atomic mass is 10.0. The maximum atomic E-state index is 12.0. The molecule has 0 saturated heterocycles. The van der Waals surface area contributed by atoms with Crippen molar-refractivity contribution in [1.29, 1.82) is 0 Å². The minimum Gasteiger partial charge on any atom is -0.352 e. The standard InChI is InChI=1S/C17H19ClN2OS/c18-13-7-2-1-6-12(13)17(21)19-11-5-10-16-20-14-8-3-4-9-15(14)22-16/h1-2,6-7H,3-5,8-11H2,(H,19,21). The van der Waals surface area contributed by atoms with E-state index in [9.17, 15) is 4.79 Å². The summed E-state index contributed by atoms with van der Waals surface area (Å²) in [5.41, 5.74) is 1.85. The molecule has 1 N–H and O–H groups in total. The fraction of sp³-hybridized carbons (Fsp3) is 0.412. The number of aromatic nitrogens is 1. The number of rotatable bonds is 5. The minimum atomic E-state index is -0.107. The summed E-state index contributed by atoms with van der Waals surface area (Å²) in [5, 5.41) is 4.63. The number of carbonyl (C=O) groups is 1. The molecule has 1 aliphatic rings.